The summed E-state index contributed by atoms with van der Waals surface area (Å²) in [6.45, 7) is 2.81. The van der Waals surface area contributed by atoms with Gasteiger partial charge in [-0.15, -0.1) is 0 Å². The molecule has 4 atom stereocenters. The molecule has 0 bridgehead atoms. The van der Waals surface area contributed by atoms with E-state index in [2.05, 4.69) is 67.6 Å². The van der Waals surface area contributed by atoms with Gasteiger partial charge in [0.25, 0.3) is 0 Å². The van der Waals surface area contributed by atoms with Crippen LogP contribution < -0.4 is 0 Å². The van der Waals surface area contributed by atoms with Crippen LogP contribution in [0.2, 0.25) is 0 Å². The first kappa shape index (κ1) is 18.9. The van der Waals surface area contributed by atoms with Gasteiger partial charge in [0.1, 0.15) is 12.1 Å². The van der Waals surface area contributed by atoms with E-state index >= 15 is 0 Å². The molecule has 146 valence electrons. The number of rotatable bonds is 7. The van der Waals surface area contributed by atoms with Crippen LogP contribution in [0, 0.1) is 5.92 Å². The van der Waals surface area contributed by atoms with E-state index in [4.69, 9.17) is 14.5 Å². The number of unbranched alkanes of at least 4 members (excludes halogenated alkanes) is 1. The number of allylic oxidation sites excluding steroid dienone is 1. The van der Waals surface area contributed by atoms with E-state index in [9.17, 15) is 0 Å². The van der Waals surface area contributed by atoms with Crippen molar-refractivity contribution in [2.45, 2.75) is 44.2 Å². The molecule has 0 radical (unpaired) electrons. The van der Waals surface area contributed by atoms with Crippen LogP contribution in [0.4, 0.5) is 0 Å². The summed E-state index contributed by atoms with van der Waals surface area (Å²) in [6, 6.07) is 19.0. The van der Waals surface area contributed by atoms with Crippen molar-refractivity contribution in [1.29, 1.82) is 0 Å². The van der Waals surface area contributed by atoms with Crippen molar-refractivity contribution in [2.24, 2.45) is 10.9 Å². The number of fused-ring (bicyclic) bond motifs is 1. The predicted molar refractivity (Wildman–Crippen MR) is 115 cm³/mol. The monoisotopic (exact) mass is 375 g/mol. The summed E-state index contributed by atoms with van der Waals surface area (Å²) in [7, 11) is 1.73. The quantitative estimate of drug-likeness (QED) is 0.613. The first-order chi connectivity index (χ1) is 13.8. The van der Waals surface area contributed by atoms with Gasteiger partial charge in [-0.1, -0.05) is 86.5 Å². The molecule has 1 heterocycles. The Morgan fingerprint density at radius 3 is 2.61 bits per heavy atom. The van der Waals surface area contributed by atoms with Crippen LogP contribution in [-0.4, -0.2) is 25.7 Å². The van der Waals surface area contributed by atoms with Gasteiger partial charge in [0.05, 0.1) is 12.5 Å². The van der Waals surface area contributed by atoms with Gasteiger partial charge in [-0.05, 0) is 29.0 Å². The Morgan fingerprint density at radius 1 is 1.04 bits per heavy atom. The van der Waals surface area contributed by atoms with E-state index in [-0.39, 0.29) is 18.1 Å². The summed E-state index contributed by atoms with van der Waals surface area (Å²) in [4.78, 5) is 5.05. The van der Waals surface area contributed by atoms with Gasteiger partial charge in [0, 0.05) is 7.11 Å². The number of aliphatic imine (C=N–C) groups is 1. The van der Waals surface area contributed by atoms with Gasteiger partial charge in [0.2, 0.25) is 0 Å². The first-order valence-electron chi connectivity index (χ1n) is 10.4. The summed E-state index contributed by atoms with van der Waals surface area (Å²) in [5.74, 6) is 1.47. The van der Waals surface area contributed by atoms with E-state index < -0.39 is 0 Å². The molecule has 3 heteroatoms. The molecule has 1 aliphatic carbocycles. The Labute approximate surface area is 168 Å². The van der Waals surface area contributed by atoms with Gasteiger partial charge in [-0.25, -0.2) is 4.99 Å². The highest BCUT2D eigenvalue weighted by Crippen LogP contribution is 2.42. The average molecular weight is 376 g/mol. The summed E-state index contributed by atoms with van der Waals surface area (Å²) in [6.07, 6.45) is 8.11. The Morgan fingerprint density at radius 2 is 1.82 bits per heavy atom. The van der Waals surface area contributed by atoms with Crippen LogP contribution in [0.15, 0.2) is 65.7 Å². The SMILES string of the molecule is CCCC[C@H]1C=Cc2ccccc2C1C1=N[C@@H](COC)[C@H](c2ccccc2)O1. The third kappa shape index (κ3) is 3.77. The van der Waals surface area contributed by atoms with Crippen LogP contribution >= 0.6 is 0 Å². The predicted octanol–water partition coefficient (Wildman–Crippen LogP) is 5.79. The zero-order valence-electron chi connectivity index (χ0n) is 16.8. The van der Waals surface area contributed by atoms with E-state index in [0.717, 1.165) is 17.9 Å². The minimum absolute atomic E-state index is 0.00714. The third-order valence-corrected chi connectivity index (χ3v) is 5.80. The second-order valence-electron chi connectivity index (χ2n) is 7.71. The minimum Gasteiger partial charge on any atom is -0.470 e. The Kier molecular flexibility index (Phi) is 5.92. The van der Waals surface area contributed by atoms with Crippen molar-refractivity contribution in [3.8, 4) is 0 Å². The van der Waals surface area contributed by atoms with E-state index in [0.29, 0.717) is 12.5 Å². The standard InChI is InChI=1S/C25H29NO2/c1-3-4-10-19-16-15-18-11-8-9-14-21(18)23(19)25-26-22(17-27-2)24(28-25)20-12-6-5-7-13-20/h5-9,11-16,19,22-24H,3-4,10,17H2,1-2H3/t19-,22-,23?,24-/m0/s1. The molecule has 4 rings (SSSR count). The van der Waals surface area contributed by atoms with E-state index in [1.807, 2.05) is 6.07 Å². The zero-order chi connectivity index (χ0) is 19.3. The number of ether oxygens (including phenoxy) is 2. The molecule has 1 aliphatic heterocycles. The Balaban J connectivity index is 1.68. The molecule has 0 N–H and O–H groups in total. The normalized spacial score (nSPS) is 25.9. The second kappa shape index (κ2) is 8.74. The highest BCUT2D eigenvalue weighted by Gasteiger charge is 2.39. The van der Waals surface area contributed by atoms with Crippen molar-refractivity contribution >= 4 is 12.0 Å². The Hall–Kier alpha value is -2.39. The maximum absolute atomic E-state index is 6.56. The molecule has 0 saturated heterocycles. The lowest BCUT2D eigenvalue weighted by atomic mass is 9.77. The number of benzene rings is 2. The van der Waals surface area contributed by atoms with E-state index in [1.54, 1.807) is 7.11 Å². The Bertz CT molecular complexity index is 843. The highest BCUT2D eigenvalue weighted by atomic mass is 16.5. The van der Waals surface area contributed by atoms with Crippen molar-refractivity contribution in [1.82, 2.24) is 0 Å². The topological polar surface area (TPSA) is 30.8 Å². The molecule has 3 nitrogen and oxygen atoms in total. The molecule has 0 aromatic heterocycles. The summed E-state index contributed by atoms with van der Waals surface area (Å²) in [5, 5.41) is 0. The second-order valence-corrected chi connectivity index (χ2v) is 7.71. The maximum Gasteiger partial charge on any atom is 0.192 e. The molecular formula is C25H29NO2. The van der Waals surface area contributed by atoms with E-state index in [1.165, 1.54) is 24.0 Å². The molecule has 1 unspecified atom stereocenters. The fourth-order valence-corrected chi connectivity index (χ4v) is 4.39. The molecule has 2 aromatic carbocycles. The fourth-order valence-electron chi connectivity index (χ4n) is 4.39. The zero-order valence-corrected chi connectivity index (χ0v) is 16.8. The van der Waals surface area contributed by atoms with Crippen LogP contribution in [0.3, 0.4) is 0 Å². The van der Waals surface area contributed by atoms with Gasteiger partial charge < -0.3 is 9.47 Å². The lowest BCUT2D eigenvalue weighted by Gasteiger charge is -2.30. The van der Waals surface area contributed by atoms with Crippen LogP contribution in [-0.2, 0) is 9.47 Å². The van der Waals surface area contributed by atoms with Crippen molar-refractivity contribution in [3.05, 3.63) is 77.4 Å². The fraction of sp³-hybridized carbons (Fsp3) is 0.400. The number of hydrogen-bond donors (Lipinski definition) is 0. The summed E-state index contributed by atoms with van der Waals surface area (Å²) >= 11 is 0. The van der Waals surface area contributed by atoms with Crippen LogP contribution in [0.1, 0.15) is 54.9 Å². The number of nitrogens with zero attached hydrogens (tertiary/aromatic N) is 1. The van der Waals surface area contributed by atoms with Crippen molar-refractivity contribution < 1.29 is 9.47 Å². The van der Waals surface area contributed by atoms with Gasteiger partial charge in [-0.2, -0.15) is 0 Å². The van der Waals surface area contributed by atoms with Crippen LogP contribution in [0.25, 0.3) is 6.08 Å². The van der Waals surface area contributed by atoms with Gasteiger partial charge in [-0.3, -0.25) is 0 Å². The minimum atomic E-state index is -0.0824. The van der Waals surface area contributed by atoms with Gasteiger partial charge in [0.15, 0.2) is 5.90 Å². The third-order valence-electron chi connectivity index (χ3n) is 5.80. The lowest BCUT2D eigenvalue weighted by molar-refractivity contribution is 0.117. The van der Waals surface area contributed by atoms with Crippen molar-refractivity contribution in [3.63, 3.8) is 0 Å². The molecular weight excluding hydrogens is 346 g/mol. The number of hydrogen-bond acceptors (Lipinski definition) is 3. The van der Waals surface area contributed by atoms with Crippen LogP contribution in [0.5, 0.6) is 0 Å². The maximum atomic E-state index is 6.56. The molecule has 2 aliphatic rings. The van der Waals surface area contributed by atoms with Crippen molar-refractivity contribution in [2.75, 3.05) is 13.7 Å². The summed E-state index contributed by atoms with van der Waals surface area (Å²) < 4.78 is 12.0. The van der Waals surface area contributed by atoms with Gasteiger partial charge >= 0.3 is 0 Å². The smallest absolute Gasteiger partial charge is 0.192 e. The molecule has 0 amide bonds. The highest BCUT2D eigenvalue weighted by molar-refractivity contribution is 5.88. The average Bonchev–Trinajstić information content (AvgIpc) is 3.16. The lowest BCUT2D eigenvalue weighted by Crippen LogP contribution is -2.25. The molecule has 0 spiro atoms. The molecule has 28 heavy (non-hydrogen) atoms. The number of methoxy groups -OCH3 is 1. The molecule has 2 aromatic rings. The summed E-state index contributed by atoms with van der Waals surface area (Å²) in [5.41, 5.74) is 3.76. The largest absolute Gasteiger partial charge is 0.470 e. The first-order valence-corrected chi connectivity index (χ1v) is 10.4. The molecule has 0 saturated carbocycles. The molecule has 0 fully saturated rings.